The van der Waals surface area contributed by atoms with Crippen LogP contribution in [0.1, 0.15) is 11.0 Å². The fraction of sp³-hybridized carbons (Fsp3) is 0.364. The molecule has 1 fully saturated rings. The summed E-state index contributed by atoms with van der Waals surface area (Å²) >= 11 is 8.99. The highest BCUT2D eigenvalue weighted by Gasteiger charge is 2.18. The molecular formula is C11H11BrN2S3. The van der Waals surface area contributed by atoms with Crippen molar-refractivity contribution in [2.75, 3.05) is 18.1 Å². The molecule has 0 aromatic carbocycles. The van der Waals surface area contributed by atoms with E-state index in [4.69, 9.17) is 4.98 Å². The van der Waals surface area contributed by atoms with E-state index in [-0.39, 0.29) is 0 Å². The summed E-state index contributed by atoms with van der Waals surface area (Å²) in [6, 6.07) is 2.57. The van der Waals surface area contributed by atoms with Crippen LogP contribution in [0.5, 0.6) is 0 Å². The highest BCUT2D eigenvalue weighted by molar-refractivity contribution is 9.10. The lowest BCUT2D eigenvalue weighted by molar-refractivity contribution is 0.592. The first-order valence-electron chi connectivity index (χ1n) is 5.34. The lowest BCUT2D eigenvalue weighted by Crippen LogP contribution is -2.30. The van der Waals surface area contributed by atoms with Gasteiger partial charge in [0.25, 0.3) is 0 Å². The van der Waals surface area contributed by atoms with Gasteiger partial charge in [-0.05, 0) is 22.0 Å². The molecule has 1 saturated heterocycles. The van der Waals surface area contributed by atoms with E-state index in [0.717, 1.165) is 22.5 Å². The second-order valence-corrected chi connectivity index (χ2v) is 7.65. The van der Waals surface area contributed by atoms with E-state index in [2.05, 4.69) is 38.1 Å². The molecule has 1 aliphatic rings. The summed E-state index contributed by atoms with van der Waals surface area (Å²) in [5.41, 5.74) is 1.11. The average molecular weight is 347 g/mol. The highest BCUT2D eigenvalue weighted by Crippen LogP contribution is 2.33. The van der Waals surface area contributed by atoms with Crippen LogP contribution in [0.25, 0.3) is 10.6 Å². The fourth-order valence-corrected chi connectivity index (χ4v) is 5.14. The molecule has 17 heavy (non-hydrogen) atoms. The number of thioether (sulfide) groups is 1. The van der Waals surface area contributed by atoms with Gasteiger partial charge >= 0.3 is 0 Å². The maximum Gasteiger partial charge on any atom is 0.111 e. The van der Waals surface area contributed by atoms with Gasteiger partial charge < -0.3 is 5.32 Å². The first-order valence-corrected chi connectivity index (χ1v) is 9.04. The summed E-state index contributed by atoms with van der Waals surface area (Å²) in [7, 11) is 0. The van der Waals surface area contributed by atoms with Crippen LogP contribution in [0.15, 0.2) is 21.3 Å². The number of aromatic nitrogens is 1. The van der Waals surface area contributed by atoms with Gasteiger partial charge in [-0.15, -0.1) is 22.7 Å². The van der Waals surface area contributed by atoms with Crippen molar-refractivity contribution < 1.29 is 0 Å². The second kappa shape index (κ2) is 5.40. The van der Waals surface area contributed by atoms with Crippen molar-refractivity contribution in [1.29, 1.82) is 0 Å². The minimum atomic E-state index is 0.441. The Kier molecular flexibility index (Phi) is 3.87. The molecule has 2 aromatic heterocycles. The zero-order chi connectivity index (χ0) is 11.7. The molecule has 6 heteroatoms. The summed E-state index contributed by atoms with van der Waals surface area (Å²) in [5.74, 6) is 2.35. The van der Waals surface area contributed by atoms with Gasteiger partial charge in [0, 0.05) is 33.3 Å². The number of rotatable bonds is 2. The van der Waals surface area contributed by atoms with E-state index in [1.165, 1.54) is 15.6 Å². The van der Waals surface area contributed by atoms with Gasteiger partial charge in [-0.25, -0.2) is 4.98 Å². The molecule has 0 radical (unpaired) electrons. The number of nitrogens with one attached hydrogen (secondary N) is 1. The molecule has 1 N–H and O–H groups in total. The van der Waals surface area contributed by atoms with Crippen molar-refractivity contribution in [1.82, 2.24) is 10.3 Å². The van der Waals surface area contributed by atoms with E-state index in [1.54, 1.807) is 22.7 Å². The summed E-state index contributed by atoms with van der Waals surface area (Å²) in [5, 5.41) is 9.01. The molecule has 1 atom stereocenters. The zero-order valence-electron chi connectivity index (χ0n) is 8.98. The number of hydrogen-bond acceptors (Lipinski definition) is 5. The number of hydrogen-bond donors (Lipinski definition) is 1. The summed E-state index contributed by atoms with van der Waals surface area (Å²) in [4.78, 5) is 5.99. The van der Waals surface area contributed by atoms with Gasteiger partial charge in [0.2, 0.25) is 0 Å². The number of nitrogens with zero attached hydrogens (tertiary/aromatic N) is 1. The minimum Gasteiger partial charge on any atom is -0.306 e. The number of halogens is 1. The van der Waals surface area contributed by atoms with E-state index in [1.807, 2.05) is 11.8 Å². The van der Waals surface area contributed by atoms with Crippen LogP contribution in [0.4, 0.5) is 0 Å². The van der Waals surface area contributed by atoms with Gasteiger partial charge in [0.05, 0.1) is 16.6 Å². The Morgan fingerprint density at radius 1 is 1.35 bits per heavy atom. The predicted octanol–water partition coefficient (Wildman–Crippen LogP) is 4.01. The molecule has 0 saturated carbocycles. The Bertz CT molecular complexity index is 502. The minimum absolute atomic E-state index is 0.441. The van der Waals surface area contributed by atoms with Crippen LogP contribution in [-0.2, 0) is 0 Å². The number of thiophene rings is 1. The quantitative estimate of drug-likeness (QED) is 0.889. The third-order valence-electron chi connectivity index (χ3n) is 2.56. The van der Waals surface area contributed by atoms with Crippen molar-refractivity contribution in [2.45, 2.75) is 6.04 Å². The molecule has 1 aliphatic heterocycles. The van der Waals surface area contributed by atoms with E-state index >= 15 is 0 Å². The Balaban J connectivity index is 1.82. The van der Waals surface area contributed by atoms with E-state index in [9.17, 15) is 0 Å². The summed E-state index contributed by atoms with van der Waals surface area (Å²) < 4.78 is 1.14. The third-order valence-corrected chi connectivity index (χ3v) is 6.30. The summed E-state index contributed by atoms with van der Waals surface area (Å²) in [6.07, 6.45) is 0. The molecule has 3 heterocycles. The van der Waals surface area contributed by atoms with Crippen LogP contribution in [0.3, 0.4) is 0 Å². The molecular weight excluding hydrogens is 336 g/mol. The van der Waals surface area contributed by atoms with Gasteiger partial charge in [0.15, 0.2) is 0 Å². The van der Waals surface area contributed by atoms with Crippen molar-refractivity contribution in [2.24, 2.45) is 0 Å². The van der Waals surface area contributed by atoms with Crippen LogP contribution >= 0.6 is 50.4 Å². The maximum atomic E-state index is 4.75. The zero-order valence-corrected chi connectivity index (χ0v) is 13.0. The van der Waals surface area contributed by atoms with E-state index in [0.29, 0.717) is 6.04 Å². The first kappa shape index (κ1) is 12.2. The molecule has 90 valence electrons. The maximum absolute atomic E-state index is 4.75. The first-order chi connectivity index (χ1) is 8.33. The Labute approximate surface area is 121 Å². The van der Waals surface area contributed by atoms with Crippen molar-refractivity contribution >= 4 is 50.4 Å². The largest absolute Gasteiger partial charge is 0.306 e. The van der Waals surface area contributed by atoms with Crippen LogP contribution in [-0.4, -0.2) is 23.0 Å². The smallest absolute Gasteiger partial charge is 0.111 e. The van der Waals surface area contributed by atoms with Gasteiger partial charge in [0.1, 0.15) is 5.01 Å². The standard InChI is InChI=1S/C11H11BrN2S3/c12-7-3-10(16-4-7)8-6-17-11(14-8)9-5-15-2-1-13-9/h3-4,6,9,13H,1-2,5H2. The van der Waals surface area contributed by atoms with Crippen LogP contribution < -0.4 is 5.32 Å². The molecule has 0 aliphatic carbocycles. The second-order valence-electron chi connectivity index (χ2n) is 3.78. The van der Waals surface area contributed by atoms with Crippen molar-refractivity contribution in [3.8, 4) is 10.6 Å². The SMILES string of the molecule is Brc1csc(-c2csc(C3CSCCN3)n2)c1. The molecule has 2 nitrogen and oxygen atoms in total. The lowest BCUT2D eigenvalue weighted by Gasteiger charge is -2.20. The Morgan fingerprint density at radius 2 is 2.29 bits per heavy atom. The topological polar surface area (TPSA) is 24.9 Å². The Hall–Kier alpha value is 0.120. The Morgan fingerprint density at radius 3 is 3.00 bits per heavy atom. The number of thiazole rings is 1. The van der Waals surface area contributed by atoms with Gasteiger partial charge in [-0.3, -0.25) is 0 Å². The monoisotopic (exact) mass is 346 g/mol. The molecule has 2 aromatic rings. The normalized spacial score (nSPS) is 20.6. The van der Waals surface area contributed by atoms with Crippen LogP contribution in [0.2, 0.25) is 0 Å². The molecule has 0 bridgehead atoms. The molecule has 0 spiro atoms. The lowest BCUT2D eigenvalue weighted by atomic mass is 10.3. The van der Waals surface area contributed by atoms with Gasteiger partial charge in [-0.2, -0.15) is 11.8 Å². The highest BCUT2D eigenvalue weighted by atomic mass is 79.9. The predicted molar refractivity (Wildman–Crippen MR) is 81.2 cm³/mol. The fourth-order valence-electron chi connectivity index (χ4n) is 1.73. The molecule has 1 unspecified atom stereocenters. The molecule has 0 amide bonds. The van der Waals surface area contributed by atoms with E-state index < -0.39 is 0 Å². The van der Waals surface area contributed by atoms with Crippen molar-refractivity contribution in [3.63, 3.8) is 0 Å². The summed E-state index contributed by atoms with van der Waals surface area (Å²) in [6.45, 7) is 1.09. The van der Waals surface area contributed by atoms with Gasteiger partial charge in [-0.1, -0.05) is 0 Å². The molecule has 3 rings (SSSR count). The third kappa shape index (κ3) is 2.76. The average Bonchev–Trinajstić information content (AvgIpc) is 2.98. The van der Waals surface area contributed by atoms with Crippen molar-refractivity contribution in [3.05, 3.63) is 26.3 Å². The van der Waals surface area contributed by atoms with Crippen LogP contribution in [0, 0.1) is 0 Å².